The summed E-state index contributed by atoms with van der Waals surface area (Å²) in [7, 11) is 0. The van der Waals surface area contributed by atoms with Crippen molar-refractivity contribution >= 4 is 34.4 Å². The third-order valence-corrected chi connectivity index (χ3v) is 4.30. The molecule has 0 saturated carbocycles. The maximum absolute atomic E-state index is 12.3. The summed E-state index contributed by atoms with van der Waals surface area (Å²) < 4.78 is 0. The molecule has 1 atom stereocenters. The molecule has 3 aromatic rings. The third-order valence-electron chi connectivity index (χ3n) is 3.31. The first-order chi connectivity index (χ1) is 10.6. The van der Waals surface area contributed by atoms with E-state index in [0.29, 0.717) is 0 Å². The molecule has 0 fully saturated rings. The highest BCUT2D eigenvalue weighted by Gasteiger charge is 2.16. The lowest BCUT2D eigenvalue weighted by Gasteiger charge is -2.10. The smallest absolute Gasteiger partial charge is 0.237 e. The minimum Gasteiger partial charge on any atom is -0.333 e. The Labute approximate surface area is 133 Å². The molecule has 2 aromatic carbocycles. The van der Waals surface area contributed by atoms with E-state index in [0.717, 1.165) is 27.4 Å². The number of nitrogens with zero attached hydrogens (tertiary/aromatic N) is 1. The van der Waals surface area contributed by atoms with Crippen LogP contribution in [0.4, 0.5) is 5.69 Å². The van der Waals surface area contributed by atoms with Crippen LogP contribution in [0.5, 0.6) is 0 Å². The zero-order valence-corrected chi connectivity index (χ0v) is 13.3. The second kappa shape index (κ2) is 6.23. The SMILES string of the molecule is Cc1cccc(NC(=O)[C@@H](C)Sc2nc3ccccc3[nH]2)c1. The zero-order chi connectivity index (χ0) is 15.5. The Morgan fingerprint density at radius 3 is 2.82 bits per heavy atom. The molecule has 0 aliphatic carbocycles. The molecular weight excluding hydrogens is 294 g/mol. The molecule has 2 N–H and O–H groups in total. The van der Waals surface area contributed by atoms with E-state index in [1.807, 2.05) is 62.4 Å². The molecule has 4 nitrogen and oxygen atoms in total. The van der Waals surface area contributed by atoms with E-state index < -0.39 is 0 Å². The van der Waals surface area contributed by atoms with Crippen LogP contribution in [0.1, 0.15) is 12.5 Å². The fourth-order valence-electron chi connectivity index (χ4n) is 2.17. The zero-order valence-electron chi connectivity index (χ0n) is 12.5. The van der Waals surface area contributed by atoms with Gasteiger partial charge in [0.2, 0.25) is 5.91 Å². The minimum absolute atomic E-state index is 0.0314. The molecule has 1 amide bonds. The predicted molar refractivity (Wildman–Crippen MR) is 91.2 cm³/mol. The number of carbonyl (C=O) groups is 1. The van der Waals surface area contributed by atoms with E-state index in [-0.39, 0.29) is 11.2 Å². The van der Waals surface area contributed by atoms with Gasteiger partial charge in [-0.05, 0) is 43.7 Å². The largest absolute Gasteiger partial charge is 0.333 e. The van der Waals surface area contributed by atoms with Crippen LogP contribution >= 0.6 is 11.8 Å². The first-order valence-corrected chi connectivity index (χ1v) is 7.99. The number of H-pyrrole nitrogens is 1. The second-order valence-corrected chi connectivity index (χ2v) is 6.51. The van der Waals surface area contributed by atoms with Crippen molar-refractivity contribution in [3.63, 3.8) is 0 Å². The Morgan fingerprint density at radius 1 is 1.23 bits per heavy atom. The van der Waals surface area contributed by atoms with Crippen molar-refractivity contribution in [2.45, 2.75) is 24.3 Å². The number of thioether (sulfide) groups is 1. The van der Waals surface area contributed by atoms with E-state index >= 15 is 0 Å². The summed E-state index contributed by atoms with van der Waals surface area (Å²) >= 11 is 1.42. The van der Waals surface area contributed by atoms with Gasteiger partial charge in [-0.25, -0.2) is 4.98 Å². The molecule has 3 rings (SSSR count). The fourth-order valence-corrected chi connectivity index (χ4v) is 2.99. The molecule has 1 aromatic heterocycles. The topological polar surface area (TPSA) is 57.8 Å². The standard InChI is InChI=1S/C17H17N3OS/c1-11-6-5-7-13(10-11)18-16(21)12(2)22-17-19-14-8-3-4-9-15(14)20-17/h3-10,12H,1-2H3,(H,18,21)(H,19,20)/t12-/m1/s1. The number of aryl methyl sites for hydroxylation is 1. The summed E-state index contributed by atoms with van der Waals surface area (Å²) in [4.78, 5) is 20.0. The Bertz CT molecular complexity index is 779. The summed E-state index contributed by atoms with van der Waals surface area (Å²) in [6.07, 6.45) is 0. The van der Waals surface area contributed by atoms with Crippen molar-refractivity contribution in [3.8, 4) is 0 Å². The molecule has 0 aliphatic rings. The molecule has 22 heavy (non-hydrogen) atoms. The average molecular weight is 311 g/mol. The Kier molecular flexibility index (Phi) is 4.15. The van der Waals surface area contributed by atoms with Gasteiger partial charge in [0.25, 0.3) is 0 Å². The number of para-hydroxylation sites is 2. The van der Waals surface area contributed by atoms with Gasteiger partial charge in [-0.1, -0.05) is 36.0 Å². The summed E-state index contributed by atoms with van der Waals surface area (Å²) in [6, 6.07) is 15.6. The van der Waals surface area contributed by atoms with Crippen LogP contribution in [0.15, 0.2) is 53.7 Å². The van der Waals surface area contributed by atoms with E-state index in [1.54, 1.807) is 0 Å². The van der Waals surface area contributed by atoms with Crippen molar-refractivity contribution in [1.82, 2.24) is 9.97 Å². The van der Waals surface area contributed by atoms with Crippen LogP contribution in [0.3, 0.4) is 0 Å². The minimum atomic E-state index is -0.235. The molecule has 0 spiro atoms. The highest BCUT2D eigenvalue weighted by atomic mass is 32.2. The molecule has 0 saturated heterocycles. The van der Waals surface area contributed by atoms with E-state index in [4.69, 9.17) is 0 Å². The number of benzene rings is 2. The number of carbonyl (C=O) groups excluding carboxylic acids is 1. The fraction of sp³-hybridized carbons (Fsp3) is 0.176. The van der Waals surface area contributed by atoms with E-state index in [2.05, 4.69) is 15.3 Å². The summed E-state index contributed by atoms with van der Waals surface area (Å²) in [5.41, 5.74) is 3.84. The average Bonchev–Trinajstić information content (AvgIpc) is 2.89. The molecular formula is C17H17N3OS. The van der Waals surface area contributed by atoms with Gasteiger partial charge >= 0.3 is 0 Å². The van der Waals surface area contributed by atoms with Gasteiger partial charge in [0.05, 0.1) is 16.3 Å². The Balaban J connectivity index is 1.68. The van der Waals surface area contributed by atoms with Gasteiger partial charge in [0, 0.05) is 5.69 Å². The Morgan fingerprint density at radius 2 is 2.05 bits per heavy atom. The number of hydrogen-bond donors (Lipinski definition) is 2. The van der Waals surface area contributed by atoms with Gasteiger partial charge in [0.1, 0.15) is 0 Å². The lowest BCUT2D eigenvalue weighted by atomic mass is 10.2. The van der Waals surface area contributed by atoms with Crippen LogP contribution in [0.25, 0.3) is 11.0 Å². The molecule has 112 valence electrons. The summed E-state index contributed by atoms with van der Waals surface area (Å²) in [6.45, 7) is 3.88. The highest BCUT2D eigenvalue weighted by Crippen LogP contribution is 2.24. The van der Waals surface area contributed by atoms with Crippen LogP contribution in [-0.4, -0.2) is 21.1 Å². The first kappa shape index (κ1) is 14.7. The Hall–Kier alpha value is -2.27. The quantitative estimate of drug-likeness (QED) is 0.716. The monoisotopic (exact) mass is 311 g/mol. The van der Waals surface area contributed by atoms with E-state index in [9.17, 15) is 4.79 Å². The van der Waals surface area contributed by atoms with Crippen molar-refractivity contribution in [2.75, 3.05) is 5.32 Å². The third kappa shape index (κ3) is 3.31. The molecule has 0 aliphatic heterocycles. The molecule has 0 bridgehead atoms. The van der Waals surface area contributed by atoms with E-state index in [1.165, 1.54) is 11.8 Å². The first-order valence-electron chi connectivity index (χ1n) is 7.11. The van der Waals surface area contributed by atoms with Gasteiger partial charge in [-0.15, -0.1) is 0 Å². The normalized spacial score (nSPS) is 12.3. The van der Waals surface area contributed by atoms with Gasteiger partial charge in [-0.2, -0.15) is 0 Å². The van der Waals surface area contributed by atoms with Crippen LogP contribution < -0.4 is 5.32 Å². The van der Waals surface area contributed by atoms with Crippen molar-refractivity contribution in [3.05, 3.63) is 54.1 Å². The van der Waals surface area contributed by atoms with Crippen molar-refractivity contribution < 1.29 is 4.79 Å². The number of amides is 1. The number of nitrogens with one attached hydrogen (secondary N) is 2. The molecule has 0 radical (unpaired) electrons. The molecule has 0 unspecified atom stereocenters. The van der Waals surface area contributed by atoms with Crippen LogP contribution in [-0.2, 0) is 4.79 Å². The summed E-state index contributed by atoms with van der Waals surface area (Å²) in [5.74, 6) is -0.0314. The number of aromatic amines is 1. The number of imidazole rings is 1. The van der Waals surface area contributed by atoms with Gasteiger partial charge < -0.3 is 10.3 Å². The number of aromatic nitrogens is 2. The summed E-state index contributed by atoms with van der Waals surface area (Å²) in [5, 5.41) is 3.46. The number of rotatable bonds is 4. The van der Waals surface area contributed by atoms with Crippen molar-refractivity contribution in [2.24, 2.45) is 0 Å². The number of hydrogen-bond acceptors (Lipinski definition) is 3. The molecule has 5 heteroatoms. The highest BCUT2D eigenvalue weighted by molar-refractivity contribution is 8.00. The van der Waals surface area contributed by atoms with Gasteiger partial charge in [0.15, 0.2) is 5.16 Å². The van der Waals surface area contributed by atoms with Gasteiger partial charge in [-0.3, -0.25) is 4.79 Å². The van der Waals surface area contributed by atoms with Crippen LogP contribution in [0.2, 0.25) is 0 Å². The lowest BCUT2D eigenvalue weighted by Crippen LogP contribution is -2.22. The maximum Gasteiger partial charge on any atom is 0.237 e. The lowest BCUT2D eigenvalue weighted by molar-refractivity contribution is -0.115. The van der Waals surface area contributed by atoms with Crippen molar-refractivity contribution in [1.29, 1.82) is 0 Å². The predicted octanol–water partition coefficient (Wildman–Crippen LogP) is 3.99. The maximum atomic E-state index is 12.3. The van der Waals surface area contributed by atoms with Crippen LogP contribution in [0, 0.1) is 6.92 Å². The molecule has 1 heterocycles. The second-order valence-electron chi connectivity index (χ2n) is 5.18. The number of anilines is 1. The number of fused-ring (bicyclic) bond motifs is 1.